The summed E-state index contributed by atoms with van der Waals surface area (Å²) in [5.41, 5.74) is 1.00. The van der Waals surface area contributed by atoms with Gasteiger partial charge in [0, 0.05) is 11.5 Å². The van der Waals surface area contributed by atoms with Gasteiger partial charge in [-0.3, -0.25) is 15.1 Å². The summed E-state index contributed by atoms with van der Waals surface area (Å²) < 4.78 is 53.5. The highest BCUT2D eigenvalue weighted by Gasteiger charge is 2.42. The van der Waals surface area contributed by atoms with Gasteiger partial charge in [-0.05, 0) is 38.0 Å². The second-order valence-corrected chi connectivity index (χ2v) is 7.85. The number of halogens is 3. The molecule has 10 nitrogen and oxygen atoms in total. The van der Waals surface area contributed by atoms with Crippen LogP contribution in [0.2, 0.25) is 0 Å². The van der Waals surface area contributed by atoms with Crippen LogP contribution < -0.4 is 25.1 Å². The van der Waals surface area contributed by atoms with E-state index in [-0.39, 0.29) is 28.4 Å². The van der Waals surface area contributed by atoms with Gasteiger partial charge in [-0.15, -0.1) is 0 Å². The van der Waals surface area contributed by atoms with Crippen molar-refractivity contribution in [1.82, 2.24) is 19.9 Å². The van der Waals surface area contributed by atoms with Crippen LogP contribution in [0.4, 0.5) is 25.1 Å². The van der Waals surface area contributed by atoms with Crippen LogP contribution >= 0.6 is 0 Å². The van der Waals surface area contributed by atoms with E-state index in [0.717, 1.165) is 0 Å². The van der Waals surface area contributed by atoms with E-state index in [9.17, 15) is 22.8 Å². The van der Waals surface area contributed by atoms with E-state index in [4.69, 9.17) is 9.47 Å². The largest absolute Gasteiger partial charge is 0.493 e. The number of carbonyl (C=O) groups excluding carboxylic acids is 1. The predicted molar refractivity (Wildman–Crippen MR) is 124 cm³/mol. The number of benzene rings is 2. The van der Waals surface area contributed by atoms with Crippen LogP contribution in [0.25, 0.3) is 21.8 Å². The number of methoxy groups -OCH3 is 2. The van der Waals surface area contributed by atoms with Gasteiger partial charge < -0.3 is 14.2 Å². The van der Waals surface area contributed by atoms with Crippen LogP contribution in [0, 0.1) is 20.8 Å². The molecular formula is C23H20F3N5O5. The number of carbonyl (C=O) groups is 1. The number of hydrogen-bond acceptors (Lipinski definition) is 9. The Hall–Kier alpha value is -4.42. The Morgan fingerprint density at radius 3 is 2.28 bits per heavy atom. The zero-order valence-electron chi connectivity index (χ0n) is 19.7. The summed E-state index contributed by atoms with van der Waals surface area (Å²) in [4.78, 5) is 39.9. The van der Waals surface area contributed by atoms with Crippen molar-refractivity contribution in [2.45, 2.75) is 26.9 Å². The number of aromatic amines is 1. The Kier molecular flexibility index (Phi) is 6.16. The maximum atomic E-state index is 12.9. The van der Waals surface area contributed by atoms with Crippen molar-refractivity contribution in [3.05, 3.63) is 45.4 Å². The van der Waals surface area contributed by atoms with E-state index in [0.29, 0.717) is 33.7 Å². The standard InChI is InChI=1S/C23H20F3N5O5/c1-9-6-10(2)18(36-20(33)23(24,25)26)16-17(9)29-22(30-19(16)32)31-21-27-11(3)12-7-14(34-4)15(35-5)8-13(12)28-21/h6-8H,1-5H3,(H2,27,28,29,30,31,32). The third-order valence-corrected chi connectivity index (χ3v) is 5.36. The van der Waals surface area contributed by atoms with Crippen molar-refractivity contribution in [2.75, 3.05) is 19.5 Å². The molecule has 0 radical (unpaired) electrons. The molecule has 0 fully saturated rings. The van der Waals surface area contributed by atoms with Gasteiger partial charge in [0.1, 0.15) is 11.1 Å². The molecule has 0 spiro atoms. The molecule has 0 aliphatic carbocycles. The average Bonchev–Trinajstić information content (AvgIpc) is 2.80. The van der Waals surface area contributed by atoms with Crippen molar-refractivity contribution in [2.24, 2.45) is 0 Å². The smallest absolute Gasteiger partial charge is 0.491 e. The van der Waals surface area contributed by atoms with Crippen molar-refractivity contribution in [3.8, 4) is 17.2 Å². The molecule has 13 heteroatoms. The summed E-state index contributed by atoms with van der Waals surface area (Å²) in [5, 5.41) is 3.23. The highest BCUT2D eigenvalue weighted by atomic mass is 19.4. The molecule has 2 aromatic carbocycles. The highest BCUT2D eigenvalue weighted by molar-refractivity contribution is 5.92. The Morgan fingerprint density at radius 2 is 1.64 bits per heavy atom. The van der Waals surface area contributed by atoms with Gasteiger partial charge in [0.25, 0.3) is 5.56 Å². The third-order valence-electron chi connectivity index (χ3n) is 5.36. The minimum Gasteiger partial charge on any atom is -0.493 e. The first-order chi connectivity index (χ1) is 16.9. The third kappa shape index (κ3) is 4.46. The number of alkyl halides is 3. The predicted octanol–water partition coefficient (Wildman–Crippen LogP) is 4.02. The van der Waals surface area contributed by atoms with Crippen LogP contribution in [-0.4, -0.2) is 46.3 Å². The van der Waals surface area contributed by atoms with Crippen molar-refractivity contribution in [1.29, 1.82) is 0 Å². The zero-order chi connectivity index (χ0) is 26.4. The van der Waals surface area contributed by atoms with E-state index in [2.05, 4.69) is 30.0 Å². The Morgan fingerprint density at radius 1 is 0.972 bits per heavy atom. The molecule has 0 unspecified atom stereocenters. The number of nitrogens with zero attached hydrogens (tertiary/aromatic N) is 3. The minimum absolute atomic E-state index is 0.0424. The molecule has 188 valence electrons. The number of H-pyrrole nitrogens is 1. The SMILES string of the molecule is COc1cc2nc(Nc3nc4c(C)cc(C)c(OC(=O)C(F)(F)F)c4c(=O)[nH]3)nc(C)c2cc1OC. The Bertz CT molecular complexity index is 1580. The van der Waals surface area contributed by atoms with E-state index >= 15 is 0 Å². The van der Waals surface area contributed by atoms with Crippen molar-refractivity contribution < 1.29 is 32.2 Å². The number of esters is 1. The van der Waals surface area contributed by atoms with E-state index in [1.165, 1.54) is 27.2 Å². The number of aryl methyl sites for hydroxylation is 3. The van der Waals surface area contributed by atoms with Crippen LogP contribution in [0.5, 0.6) is 17.2 Å². The number of fused-ring (bicyclic) bond motifs is 2. The molecule has 0 aliphatic rings. The molecular weight excluding hydrogens is 483 g/mol. The first-order valence-electron chi connectivity index (χ1n) is 10.4. The van der Waals surface area contributed by atoms with Crippen molar-refractivity contribution in [3.63, 3.8) is 0 Å². The van der Waals surface area contributed by atoms with Gasteiger partial charge in [-0.25, -0.2) is 19.7 Å². The molecule has 2 N–H and O–H groups in total. The van der Waals surface area contributed by atoms with E-state index in [1.807, 2.05) is 0 Å². The van der Waals surface area contributed by atoms with E-state index < -0.39 is 23.5 Å². The average molecular weight is 503 g/mol. The molecule has 2 aromatic heterocycles. The maximum absolute atomic E-state index is 12.9. The number of ether oxygens (including phenoxy) is 3. The summed E-state index contributed by atoms with van der Waals surface area (Å²) in [6.07, 6.45) is -5.23. The van der Waals surface area contributed by atoms with E-state index in [1.54, 1.807) is 26.0 Å². The molecule has 0 aliphatic heterocycles. The fourth-order valence-electron chi connectivity index (χ4n) is 3.74. The Balaban J connectivity index is 1.80. The molecule has 0 atom stereocenters. The first kappa shape index (κ1) is 24.7. The lowest BCUT2D eigenvalue weighted by molar-refractivity contribution is -0.189. The van der Waals surface area contributed by atoms with Crippen LogP contribution in [0.3, 0.4) is 0 Å². The topological polar surface area (TPSA) is 128 Å². The lowest BCUT2D eigenvalue weighted by atomic mass is 10.1. The quantitative estimate of drug-likeness (QED) is 0.306. The van der Waals surface area contributed by atoms with Gasteiger partial charge in [0.15, 0.2) is 11.5 Å². The number of rotatable bonds is 5. The molecule has 0 saturated carbocycles. The second-order valence-electron chi connectivity index (χ2n) is 7.85. The summed E-state index contributed by atoms with van der Waals surface area (Å²) in [6, 6.07) is 4.87. The molecule has 2 heterocycles. The molecule has 36 heavy (non-hydrogen) atoms. The Labute approximate surface area is 201 Å². The first-order valence-corrected chi connectivity index (χ1v) is 10.4. The van der Waals surface area contributed by atoms with Crippen LogP contribution in [0.1, 0.15) is 16.8 Å². The molecule has 4 rings (SSSR count). The molecule has 0 saturated heterocycles. The van der Waals surface area contributed by atoms with Gasteiger partial charge >= 0.3 is 12.1 Å². The highest BCUT2D eigenvalue weighted by Crippen LogP contribution is 2.34. The number of hydrogen-bond donors (Lipinski definition) is 2. The molecule has 4 aromatic rings. The van der Waals surface area contributed by atoms with Gasteiger partial charge in [-0.1, -0.05) is 6.07 Å². The summed E-state index contributed by atoms with van der Waals surface area (Å²) in [7, 11) is 3.00. The second kappa shape index (κ2) is 8.98. The van der Waals surface area contributed by atoms with Crippen molar-refractivity contribution >= 4 is 39.7 Å². The normalized spacial score (nSPS) is 11.6. The zero-order valence-corrected chi connectivity index (χ0v) is 19.7. The summed E-state index contributed by atoms with van der Waals surface area (Å²) >= 11 is 0. The summed E-state index contributed by atoms with van der Waals surface area (Å²) in [6.45, 7) is 4.80. The fourth-order valence-corrected chi connectivity index (χ4v) is 3.74. The van der Waals surface area contributed by atoms with Crippen LogP contribution in [-0.2, 0) is 4.79 Å². The minimum atomic E-state index is -5.23. The molecule has 0 bridgehead atoms. The maximum Gasteiger partial charge on any atom is 0.491 e. The number of aromatic nitrogens is 4. The van der Waals surface area contributed by atoms with Gasteiger partial charge in [-0.2, -0.15) is 13.2 Å². The van der Waals surface area contributed by atoms with Gasteiger partial charge in [0.2, 0.25) is 11.9 Å². The molecule has 0 amide bonds. The number of nitrogens with one attached hydrogen (secondary N) is 2. The van der Waals surface area contributed by atoms with Crippen LogP contribution in [0.15, 0.2) is 23.0 Å². The number of anilines is 2. The summed E-state index contributed by atoms with van der Waals surface area (Å²) in [5.74, 6) is -1.96. The fraction of sp³-hybridized carbons (Fsp3) is 0.261. The monoisotopic (exact) mass is 503 g/mol. The lowest BCUT2D eigenvalue weighted by Crippen LogP contribution is -2.29. The van der Waals surface area contributed by atoms with Gasteiger partial charge in [0.05, 0.1) is 30.9 Å². The lowest BCUT2D eigenvalue weighted by Gasteiger charge is -2.14.